The van der Waals surface area contributed by atoms with E-state index in [0.29, 0.717) is 6.92 Å². The number of aliphatic hydroxyl groups excluding tert-OH is 1. The van der Waals surface area contributed by atoms with E-state index >= 15 is 0 Å². The van der Waals surface area contributed by atoms with Gasteiger partial charge in [0.25, 0.3) is 6.47 Å². The van der Waals surface area contributed by atoms with Crippen LogP contribution in [0.3, 0.4) is 0 Å². The maximum absolute atomic E-state index is 11.3. The predicted octanol–water partition coefficient (Wildman–Crippen LogP) is 2.86. The van der Waals surface area contributed by atoms with Crippen molar-refractivity contribution in [2.45, 2.75) is 96.9 Å². The van der Waals surface area contributed by atoms with Gasteiger partial charge in [-0.25, -0.2) is 13.2 Å². The second-order valence-corrected chi connectivity index (χ2v) is 6.48. The van der Waals surface area contributed by atoms with E-state index in [1.165, 1.54) is 6.92 Å². The maximum Gasteiger partial charge on any atom is 1.00 e. The number of aliphatic hydroxyl groups is 1. The number of rotatable bonds is 2. The van der Waals surface area contributed by atoms with Crippen molar-refractivity contribution >= 4 is 70.0 Å². The molecule has 0 amide bonds. The van der Waals surface area contributed by atoms with Gasteiger partial charge in [-0.15, -0.1) is 17.0 Å². The molecule has 22 heteroatoms. The molecule has 0 rings (SSSR count). The van der Waals surface area contributed by atoms with Crippen LogP contribution in [0.1, 0.15) is 99.8 Å². The fourth-order valence-electron chi connectivity index (χ4n) is 0. The molecule has 0 aromatic carbocycles. The Morgan fingerprint density at radius 2 is 0.796 bits per heavy atom. The fourth-order valence-corrected chi connectivity index (χ4v) is 0. The molecule has 0 unspecified atom stereocenters. The molecule has 3 radical (unpaired) electrons. The molecule has 0 saturated heterocycles. The Bertz CT molecular complexity index is 461. The Kier molecular flexibility index (Phi) is 341. The minimum atomic E-state index is -2.91. The molecule has 0 spiro atoms. The van der Waals surface area contributed by atoms with Crippen LogP contribution >= 0.6 is 48.8 Å². The first-order valence-corrected chi connectivity index (χ1v) is 15.0. The number of hydrogen-bond acceptors (Lipinski definition) is 6. The van der Waals surface area contributed by atoms with Gasteiger partial charge in [0.1, 0.15) is 17.9 Å². The summed E-state index contributed by atoms with van der Waals surface area (Å²) in [5.74, 6) is -2.89. The van der Waals surface area contributed by atoms with Crippen molar-refractivity contribution in [2.24, 2.45) is 0 Å². The van der Waals surface area contributed by atoms with Crippen molar-refractivity contribution in [3.63, 3.8) is 0 Å². The molecule has 0 bridgehead atoms. The first-order valence-electron chi connectivity index (χ1n) is 12.8. The Balaban J connectivity index is -0.0000000130. The zero-order valence-corrected chi connectivity index (χ0v) is 45.7. The zero-order chi connectivity index (χ0) is 39.1. The minimum Gasteiger partial charge on any atom is -1.00 e. The van der Waals surface area contributed by atoms with E-state index in [1.807, 2.05) is 62.3 Å². The van der Waals surface area contributed by atoms with Gasteiger partial charge >= 0.3 is 151 Å². The summed E-state index contributed by atoms with van der Waals surface area (Å²) in [5, 5.41) is 18.1. The third-order valence-corrected chi connectivity index (χ3v) is 1.21. The molecule has 0 aliphatic rings. The van der Waals surface area contributed by atoms with Gasteiger partial charge in [0, 0.05) is 39.4 Å². The van der Waals surface area contributed by atoms with E-state index < -0.39 is 35.7 Å². The van der Waals surface area contributed by atoms with E-state index in [2.05, 4.69) is 41.5 Å². The number of alkyl halides is 2. The standard InChI is InChI=1S/C4H6F2.C3H3F3.C3H8O.2C2H5Br.C2F4.C2H6O.C2H4O.3C2H6.CH2O3.B.BrH.2K.Na.2H/c1-3(5)4(2)6;1-2(4)3(5)6;1-3-4-2;2*1-2-3;3-1(4)2(5)6;2*1-2-3;3*1-2;2-1-4-3;;;;;;;/h1-2H3;1H3;3H2,1-2H3;2*2H2,1H3;;3H,2H2,1H3;2H,1H3;3*1-2H3;1,3H;;1H;;;;;/q;;;;;;;;;;;;;;3*+1;2*-1/p-1/b4-3+;;;;;;;;;;;;;;;;;;. The summed E-state index contributed by atoms with van der Waals surface area (Å²) in [5.41, 5.74) is 0. The summed E-state index contributed by atoms with van der Waals surface area (Å²) < 4.78 is 101. The van der Waals surface area contributed by atoms with Gasteiger partial charge in [-0.3, -0.25) is 4.79 Å². The molecule has 0 aromatic heterocycles. The second-order valence-electron chi connectivity index (χ2n) is 4.24. The second kappa shape index (κ2) is 151. The third kappa shape index (κ3) is 415. The summed E-state index contributed by atoms with van der Waals surface area (Å²) in [7, 11) is 1.68. The van der Waals surface area contributed by atoms with Crippen LogP contribution in [0.25, 0.3) is 0 Å². The van der Waals surface area contributed by atoms with E-state index in [9.17, 15) is 39.5 Å². The van der Waals surface area contributed by atoms with Gasteiger partial charge in [-0.05, 0) is 41.5 Å². The van der Waals surface area contributed by atoms with E-state index in [4.69, 9.17) is 20.0 Å². The SMILES string of the molecule is Br.C/C(F)=C(/C)F.CC.CC.CC.CC(F)=C(F)F.CC=O.CCBr.CCBr.CCO.CCOC.FC(F)=C(F)F.O=CO[O-].[B].[H-].[H-].[K+].[K+].[Na+]. The van der Waals surface area contributed by atoms with Crippen LogP contribution < -0.4 is 138 Å². The predicted molar refractivity (Wildman–Crippen MR) is 189 cm³/mol. The van der Waals surface area contributed by atoms with E-state index in [1.54, 1.807) is 14.0 Å². The van der Waals surface area contributed by atoms with Crippen molar-refractivity contribution in [2.75, 3.05) is 31.0 Å². The number of carbonyl (C=O) groups excluding carboxylic acids is 2. The molecule has 1 N–H and O–H groups in total. The Morgan fingerprint density at radius 1 is 0.694 bits per heavy atom. The van der Waals surface area contributed by atoms with Crippen molar-refractivity contribution < 1.29 is 204 Å². The van der Waals surface area contributed by atoms with Crippen molar-refractivity contribution in [1.29, 1.82) is 0 Å². The minimum absolute atomic E-state index is 0. The summed E-state index contributed by atoms with van der Waals surface area (Å²) in [4.78, 5) is 20.1. The maximum atomic E-state index is 11.3. The van der Waals surface area contributed by atoms with Gasteiger partial charge < -0.3 is 27.6 Å². The van der Waals surface area contributed by atoms with Gasteiger partial charge in [0.2, 0.25) is 0 Å². The average molecular weight is 1000 g/mol. The molecule has 0 aliphatic heterocycles. The number of ether oxygens (including phenoxy) is 1. The van der Waals surface area contributed by atoms with Crippen molar-refractivity contribution in [3.05, 3.63) is 35.7 Å². The Labute approximate surface area is 431 Å². The first-order chi connectivity index (χ1) is 20.4. The number of aldehydes is 1. The summed E-state index contributed by atoms with van der Waals surface area (Å²) in [6, 6.07) is 0. The van der Waals surface area contributed by atoms with Crippen LogP contribution in [0.2, 0.25) is 0 Å². The number of carbonyl (C=O) groups is 2. The van der Waals surface area contributed by atoms with Crippen LogP contribution in [0.5, 0.6) is 0 Å². The largest absolute Gasteiger partial charge is 1.00 e. The molecule has 49 heavy (non-hydrogen) atoms. The fraction of sp³-hybridized carbons (Fsp3) is 0.704. The van der Waals surface area contributed by atoms with Gasteiger partial charge in [0.05, 0.1) is 0 Å². The smallest absolute Gasteiger partial charge is 1.00 e. The molecule has 6 nitrogen and oxygen atoms in total. The van der Waals surface area contributed by atoms with Crippen LogP contribution in [-0.4, -0.2) is 57.3 Å². The van der Waals surface area contributed by atoms with Crippen molar-refractivity contribution in [1.82, 2.24) is 0 Å². The van der Waals surface area contributed by atoms with Crippen LogP contribution in [0.4, 0.5) is 39.5 Å². The van der Waals surface area contributed by atoms with Crippen LogP contribution in [-0.2, 0) is 19.2 Å². The summed E-state index contributed by atoms with van der Waals surface area (Å²) >= 11 is 6.29. The monoisotopic (exact) mass is 999 g/mol. The first kappa shape index (κ1) is 110. The third-order valence-electron chi connectivity index (χ3n) is 1.21. The molecular weight excluding hydrogens is 943 g/mol. The number of methoxy groups -OCH3 is 1. The average Bonchev–Trinajstić information content (AvgIpc) is 2.98. The van der Waals surface area contributed by atoms with Gasteiger partial charge in [-0.2, -0.15) is 26.3 Å². The molecule has 0 saturated carbocycles. The molecule has 0 aliphatic carbocycles. The molecule has 0 heterocycles. The Hall–Kier alpha value is 3.39. The topological polar surface area (TPSA) is 95.9 Å². The van der Waals surface area contributed by atoms with Gasteiger partial charge in [0.15, 0.2) is 5.83 Å². The number of hydrogen-bond donors (Lipinski definition) is 1. The van der Waals surface area contributed by atoms with E-state index in [-0.39, 0.29) is 174 Å². The molecule has 293 valence electrons. The molecule has 0 fully saturated rings. The number of halogens is 12. The Morgan fingerprint density at radius 3 is 0.796 bits per heavy atom. The molecular formula is C27H59BBr3F9K2NaO6. The molecule has 0 atom stereocenters. The summed E-state index contributed by atoms with van der Waals surface area (Å²) in [6.45, 7) is 24.9. The van der Waals surface area contributed by atoms with Crippen LogP contribution in [0.15, 0.2) is 35.7 Å². The van der Waals surface area contributed by atoms with Crippen molar-refractivity contribution in [3.8, 4) is 0 Å². The summed E-state index contributed by atoms with van der Waals surface area (Å²) in [6.07, 6.45) is -7.31. The zero-order valence-electron chi connectivity index (χ0n) is 34.6. The van der Waals surface area contributed by atoms with E-state index in [0.717, 1.165) is 37.4 Å². The quantitative estimate of drug-likeness (QED) is 0.114. The molecule has 0 aromatic rings. The van der Waals surface area contributed by atoms with Gasteiger partial charge in [-0.1, -0.05) is 87.2 Å². The number of allylic oxidation sites excluding steroid dienone is 3. The normalized spacial score (nSPS) is 6.45. The van der Waals surface area contributed by atoms with Crippen LogP contribution in [0, 0.1) is 0 Å².